The Morgan fingerprint density at radius 3 is 2.39 bits per heavy atom. The lowest BCUT2D eigenvalue weighted by Crippen LogP contribution is -2.11. The third-order valence-corrected chi connectivity index (χ3v) is 4.05. The van der Waals surface area contributed by atoms with E-state index in [1.165, 1.54) is 0 Å². The summed E-state index contributed by atoms with van der Waals surface area (Å²) < 4.78 is 24.9. The number of sulfonamides is 1. The van der Waals surface area contributed by atoms with E-state index in [-0.39, 0.29) is 0 Å². The van der Waals surface area contributed by atoms with Crippen LogP contribution in [0.1, 0.15) is 10.4 Å². The second kappa shape index (κ2) is 5.44. The molecule has 0 saturated carbocycles. The molecule has 0 aliphatic heterocycles. The Kier molecular flexibility index (Phi) is 3.57. The fourth-order valence-corrected chi connectivity index (χ4v) is 3.04. The smallest absolute Gasteiger partial charge is 0.250 e. The zero-order chi connectivity index (χ0) is 16.6. The molecule has 4 N–H and O–H groups in total. The van der Waals surface area contributed by atoms with Crippen LogP contribution >= 0.6 is 0 Å². The number of carbonyl (C=O) groups is 1. The molecule has 0 radical (unpaired) electrons. The van der Waals surface area contributed by atoms with Gasteiger partial charge in [-0.3, -0.25) is 9.52 Å². The number of nitrogens with one attached hydrogen (secondary N) is 2. The zero-order valence-corrected chi connectivity index (χ0v) is 13.1. The lowest BCUT2D eigenvalue weighted by atomic mass is 10.00. The van der Waals surface area contributed by atoms with Crippen LogP contribution in [-0.2, 0) is 10.0 Å². The van der Waals surface area contributed by atoms with Crippen molar-refractivity contribution in [2.75, 3.05) is 11.0 Å². The molecule has 1 amide bonds. The number of benzene rings is 2. The predicted molar refractivity (Wildman–Crippen MR) is 90.7 cm³/mol. The molecule has 1 aromatic heterocycles. The Morgan fingerprint density at radius 1 is 1.09 bits per heavy atom. The predicted octanol–water partition coefficient (Wildman–Crippen LogP) is 2.31. The van der Waals surface area contributed by atoms with Gasteiger partial charge in [0.15, 0.2) is 0 Å². The molecule has 0 saturated heterocycles. The number of rotatable bonds is 4. The van der Waals surface area contributed by atoms with Gasteiger partial charge >= 0.3 is 0 Å². The van der Waals surface area contributed by atoms with Gasteiger partial charge in [-0.05, 0) is 41.5 Å². The molecule has 23 heavy (non-hydrogen) atoms. The average Bonchev–Trinajstić information content (AvgIpc) is 2.93. The van der Waals surface area contributed by atoms with Crippen LogP contribution in [0.15, 0.2) is 48.7 Å². The number of H-pyrrole nitrogens is 1. The second-order valence-electron chi connectivity index (χ2n) is 5.28. The lowest BCUT2D eigenvalue weighted by Gasteiger charge is -2.08. The van der Waals surface area contributed by atoms with Crippen molar-refractivity contribution in [2.45, 2.75) is 0 Å². The minimum absolute atomic E-state index is 0.417. The number of nitrogens with two attached hydrogens (primary N) is 1. The van der Waals surface area contributed by atoms with Crippen molar-refractivity contribution in [2.24, 2.45) is 5.73 Å². The Balaban J connectivity index is 2.04. The molecule has 0 aliphatic rings. The molecule has 0 fully saturated rings. The molecule has 118 valence electrons. The van der Waals surface area contributed by atoms with Gasteiger partial charge in [0.25, 0.3) is 5.91 Å². The highest BCUT2D eigenvalue weighted by molar-refractivity contribution is 7.92. The van der Waals surface area contributed by atoms with Crippen molar-refractivity contribution in [1.29, 1.82) is 0 Å². The van der Waals surface area contributed by atoms with E-state index in [1.54, 1.807) is 36.5 Å². The van der Waals surface area contributed by atoms with Crippen molar-refractivity contribution in [3.63, 3.8) is 0 Å². The van der Waals surface area contributed by atoms with Gasteiger partial charge in [0.05, 0.1) is 17.3 Å². The summed E-state index contributed by atoms with van der Waals surface area (Å²) in [6.07, 6.45) is 2.85. The summed E-state index contributed by atoms with van der Waals surface area (Å²) in [6.45, 7) is 0. The second-order valence-corrected chi connectivity index (χ2v) is 7.03. The van der Waals surface area contributed by atoms with Crippen LogP contribution in [0.2, 0.25) is 0 Å². The van der Waals surface area contributed by atoms with E-state index in [4.69, 9.17) is 5.73 Å². The fourth-order valence-electron chi connectivity index (χ4n) is 2.48. The number of carbonyl (C=O) groups excluding carboxylic acids is 1. The monoisotopic (exact) mass is 329 g/mol. The topological polar surface area (TPSA) is 105 Å². The normalized spacial score (nSPS) is 11.5. The van der Waals surface area contributed by atoms with Gasteiger partial charge in [0, 0.05) is 17.3 Å². The molecule has 0 bridgehead atoms. The van der Waals surface area contributed by atoms with E-state index in [0.29, 0.717) is 16.8 Å². The van der Waals surface area contributed by atoms with Gasteiger partial charge < -0.3 is 10.7 Å². The van der Waals surface area contributed by atoms with Crippen molar-refractivity contribution >= 4 is 32.5 Å². The van der Waals surface area contributed by atoms with E-state index in [1.807, 2.05) is 12.1 Å². The van der Waals surface area contributed by atoms with Gasteiger partial charge in [-0.25, -0.2) is 8.42 Å². The van der Waals surface area contributed by atoms with Crippen molar-refractivity contribution < 1.29 is 13.2 Å². The highest BCUT2D eigenvalue weighted by Crippen LogP contribution is 2.28. The maximum absolute atomic E-state index is 11.6. The summed E-state index contributed by atoms with van der Waals surface area (Å²) in [5.74, 6) is -0.505. The number of primary amides is 1. The first-order valence-electron chi connectivity index (χ1n) is 6.83. The molecule has 0 atom stereocenters. The molecule has 1 heterocycles. The molecular formula is C16H15N3O3S. The van der Waals surface area contributed by atoms with Crippen LogP contribution in [0.4, 0.5) is 5.69 Å². The number of fused-ring (bicyclic) bond motifs is 1. The van der Waals surface area contributed by atoms with E-state index >= 15 is 0 Å². The Bertz CT molecular complexity index is 989. The number of aromatic amines is 1. The third-order valence-electron chi connectivity index (χ3n) is 3.45. The molecule has 0 aliphatic carbocycles. The number of hydrogen-bond acceptors (Lipinski definition) is 3. The van der Waals surface area contributed by atoms with Gasteiger partial charge in [0.2, 0.25) is 10.0 Å². The summed E-state index contributed by atoms with van der Waals surface area (Å²) in [6, 6.07) is 12.4. The van der Waals surface area contributed by atoms with Crippen LogP contribution in [0, 0.1) is 0 Å². The SMILES string of the molecule is CS(=O)(=O)Nc1ccc(-c2cc(C(N)=O)c3[nH]ccc3c2)cc1. The van der Waals surface area contributed by atoms with Crippen LogP contribution in [0.25, 0.3) is 22.0 Å². The summed E-state index contributed by atoms with van der Waals surface area (Å²) in [4.78, 5) is 14.6. The fraction of sp³-hybridized carbons (Fsp3) is 0.0625. The molecule has 3 rings (SSSR count). The Morgan fingerprint density at radius 2 is 1.78 bits per heavy atom. The van der Waals surface area contributed by atoms with Crippen LogP contribution in [-0.4, -0.2) is 25.6 Å². The minimum Gasteiger partial charge on any atom is -0.366 e. The van der Waals surface area contributed by atoms with E-state index in [0.717, 1.165) is 22.8 Å². The molecular weight excluding hydrogens is 314 g/mol. The third kappa shape index (κ3) is 3.19. The number of amides is 1. The highest BCUT2D eigenvalue weighted by atomic mass is 32.2. The van der Waals surface area contributed by atoms with Crippen LogP contribution in [0.5, 0.6) is 0 Å². The first kappa shape index (κ1) is 15.1. The van der Waals surface area contributed by atoms with E-state index in [2.05, 4.69) is 9.71 Å². The minimum atomic E-state index is -3.31. The van der Waals surface area contributed by atoms with Crippen LogP contribution < -0.4 is 10.5 Å². The average molecular weight is 329 g/mol. The number of hydrogen-bond donors (Lipinski definition) is 3. The molecule has 6 nitrogen and oxygen atoms in total. The van der Waals surface area contributed by atoms with Gasteiger partial charge in [-0.15, -0.1) is 0 Å². The largest absolute Gasteiger partial charge is 0.366 e. The zero-order valence-electron chi connectivity index (χ0n) is 12.3. The lowest BCUT2D eigenvalue weighted by molar-refractivity contribution is 0.100. The summed E-state index contributed by atoms with van der Waals surface area (Å²) >= 11 is 0. The first-order valence-corrected chi connectivity index (χ1v) is 8.72. The maximum Gasteiger partial charge on any atom is 0.250 e. The maximum atomic E-state index is 11.6. The summed E-state index contributed by atoms with van der Waals surface area (Å²) in [5, 5.41) is 0.884. The number of anilines is 1. The van der Waals surface area contributed by atoms with Crippen molar-refractivity contribution in [3.8, 4) is 11.1 Å². The van der Waals surface area contributed by atoms with E-state index < -0.39 is 15.9 Å². The standard InChI is InChI=1S/C16H15N3O3S/c1-23(21,22)19-13-4-2-10(3-5-13)12-8-11-6-7-18-15(11)14(9-12)16(17)20/h2-9,18-19H,1H3,(H2,17,20). The van der Waals surface area contributed by atoms with E-state index in [9.17, 15) is 13.2 Å². The Labute approximate surface area is 133 Å². The number of aromatic nitrogens is 1. The first-order chi connectivity index (χ1) is 10.8. The molecule has 0 spiro atoms. The van der Waals surface area contributed by atoms with Crippen molar-refractivity contribution in [3.05, 3.63) is 54.2 Å². The summed E-state index contributed by atoms with van der Waals surface area (Å²) in [7, 11) is -3.31. The molecule has 7 heteroatoms. The molecule has 3 aromatic rings. The van der Waals surface area contributed by atoms with Gasteiger partial charge in [-0.2, -0.15) is 0 Å². The highest BCUT2D eigenvalue weighted by Gasteiger charge is 2.11. The molecule has 0 unspecified atom stereocenters. The van der Waals surface area contributed by atoms with Gasteiger partial charge in [0.1, 0.15) is 0 Å². The Hall–Kier alpha value is -2.80. The van der Waals surface area contributed by atoms with Crippen molar-refractivity contribution in [1.82, 2.24) is 4.98 Å². The van der Waals surface area contributed by atoms with Gasteiger partial charge in [-0.1, -0.05) is 12.1 Å². The molecule has 2 aromatic carbocycles. The quantitative estimate of drug-likeness (QED) is 0.684. The van der Waals surface area contributed by atoms with Crippen LogP contribution in [0.3, 0.4) is 0 Å². The summed E-state index contributed by atoms with van der Waals surface area (Å²) in [5.41, 5.74) is 8.73.